The first-order valence-electron chi connectivity index (χ1n) is 4.27. The van der Waals surface area contributed by atoms with E-state index in [1.807, 2.05) is 6.92 Å². The van der Waals surface area contributed by atoms with Crippen LogP contribution in [0.4, 0.5) is 0 Å². The molecule has 5 heteroatoms. The molecule has 4 N–H and O–H groups in total. The van der Waals surface area contributed by atoms with Crippen molar-refractivity contribution in [3.05, 3.63) is 0 Å². The van der Waals surface area contributed by atoms with E-state index in [2.05, 4.69) is 5.32 Å². The van der Waals surface area contributed by atoms with E-state index < -0.39 is 12.0 Å². The van der Waals surface area contributed by atoms with Crippen molar-refractivity contribution in [2.75, 3.05) is 6.54 Å². The average Bonchev–Trinajstić information content (AvgIpc) is 2.02. The van der Waals surface area contributed by atoms with E-state index in [-0.39, 0.29) is 0 Å². The van der Waals surface area contributed by atoms with Gasteiger partial charge in [-0.05, 0) is 26.2 Å². The van der Waals surface area contributed by atoms with Crippen molar-refractivity contribution in [3.63, 3.8) is 0 Å². The van der Waals surface area contributed by atoms with Crippen LogP contribution < -0.4 is 11.1 Å². The lowest BCUT2D eigenvalue weighted by molar-refractivity contribution is -0.138. The second-order valence-electron chi connectivity index (χ2n) is 2.92. The highest BCUT2D eigenvalue weighted by Crippen LogP contribution is 1.98. The normalized spacial score (nSPS) is 12.2. The Morgan fingerprint density at radius 3 is 2.69 bits per heavy atom. The molecule has 0 aromatic heterocycles. The molecule has 0 radical (unpaired) electrons. The third-order valence-corrected chi connectivity index (χ3v) is 1.78. The number of carboxylic acids is 1. The summed E-state index contributed by atoms with van der Waals surface area (Å²) in [6.45, 7) is 2.61. The Labute approximate surface area is 83.5 Å². The summed E-state index contributed by atoms with van der Waals surface area (Å²) in [6.07, 6.45) is 2.23. The fourth-order valence-electron chi connectivity index (χ4n) is 0.877. The zero-order valence-corrected chi connectivity index (χ0v) is 8.56. The Bertz CT molecular complexity index is 185. The molecule has 0 aromatic carbocycles. The number of rotatable bonds is 6. The minimum absolute atomic E-state index is 0.521. The summed E-state index contributed by atoms with van der Waals surface area (Å²) in [5, 5.41) is 11.5. The molecule has 0 saturated heterocycles. The van der Waals surface area contributed by atoms with Gasteiger partial charge in [0.25, 0.3) is 0 Å². The Morgan fingerprint density at radius 2 is 2.23 bits per heavy atom. The van der Waals surface area contributed by atoms with Gasteiger partial charge in [-0.1, -0.05) is 12.2 Å². The lowest BCUT2D eigenvalue weighted by Gasteiger charge is -2.06. The number of thiocarbonyl (C=S) groups is 1. The lowest BCUT2D eigenvalue weighted by atomic mass is 10.1. The molecule has 0 amide bonds. The lowest BCUT2D eigenvalue weighted by Crippen LogP contribution is -2.30. The van der Waals surface area contributed by atoms with Gasteiger partial charge in [0.1, 0.15) is 6.04 Å². The molecular formula is C8H16N2O2S. The van der Waals surface area contributed by atoms with Crippen LogP contribution in [0.5, 0.6) is 0 Å². The summed E-state index contributed by atoms with van der Waals surface area (Å²) in [5.74, 6) is -0.932. The zero-order chi connectivity index (χ0) is 10.3. The number of hydrogen-bond donors (Lipinski definition) is 3. The number of aliphatic carboxylic acids is 1. The van der Waals surface area contributed by atoms with Crippen LogP contribution in [-0.2, 0) is 4.79 Å². The van der Waals surface area contributed by atoms with Gasteiger partial charge < -0.3 is 16.2 Å². The van der Waals surface area contributed by atoms with Gasteiger partial charge >= 0.3 is 5.97 Å². The van der Waals surface area contributed by atoms with Crippen molar-refractivity contribution < 1.29 is 9.90 Å². The fourth-order valence-corrected chi connectivity index (χ4v) is 0.979. The smallest absolute Gasteiger partial charge is 0.320 e. The predicted molar refractivity (Wildman–Crippen MR) is 55.7 cm³/mol. The first kappa shape index (κ1) is 12.3. The van der Waals surface area contributed by atoms with Gasteiger partial charge in [-0.25, -0.2) is 0 Å². The van der Waals surface area contributed by atoms with Crippen LogP contribution >= 0.6 is 12.2 Å². The first-order valence-corrected chi connectivity index (χ1v) is 4.67. The molecule has 0 fully saturated rings. The Kier molecular flexibility index (Phi) is 6.44. The standard InChI is InChI=1S/C8H16N2O2S/c1-6(13)10-5-3-2-4-7(9)8(11)12/h7H,2-5,9H2,1H3,(H,10,13)(H,11,12). The van der Waals surface area contributed by atoms with Crippen LogP contribution in [0, 0.1) is 0 Å². The molecule has 0 aliphatic carbocycles. The summed E-state index contributed by atoms with van der Waals surface area (Å²) < 4.78 is 0. The fraction of sp³-hybridized carbons (Fsp3) is 0.750. The highest BCUT2D eigenvalue weighted by molar-refractivity contribution is 7.80. The molecule has 13 heavy (non-hydrogen) atoms. The van der Waals surface area contributed by atoms with Gasteiger partial charge in [0.15, 0.2) is 0 Å². The molecule has 0 rings (SSSR count). The van der Waals surface area contributed by atoms with Gasteiger partial charge in [-0.15, -0.1) is 0 Å². The maximum atomic E-state index is 10.3. The number of hydrogen-bond acceptors (Lipinski definition) is 3. The van der Waals surface area contributed by atoms with Crippen molar-refractivity contribution >= 4 is 23.2 Å². The van der Waals surface area contributed by atoms with Crippen LogP contribution in [-0.4, -0.2) is 28.7 Å². The third-order valence-electron chi connectivity index (χ3n) is 1.63. The monoisotopic (exact) mass is 204 g/mol. The Balaban J connectivity index is 3.26. The quantitative estimate of drug-likeness (QED) is 0.434. The number of carboxylic acid groups (broad SMARTS) is 1. The molecule has 0 bridgehead atoms. The summed E-state index contributed by atoms with van der Waals surface area (Å²) in [4.78, 5) is 11.1. The Morgan fingerprint density at radius 1 is 1.62 bits per heavy atom. The van der Waals surface area contributed by atoms with Gasteiger partial charge in [-0.3, -0.25) is 4.79 Å². The van der Waals surface area contributed by atoms with E-state index in [1.165, 1.54) is 0 Å². The minimum Gasteiger partial charge on any atom is -0.480 e. The second kappa shape index (κ2) is 6.80. The number of nitrogens with two attached hydrogens (primary N) is 1. The topological polar surface area (TPSA) is 75.3 Å². The molecule has 0 aliphatic heterocycles. The molecule has 4 nitrogen and oxygen atoms in total. The van der Waals surface area contributed by atoms with Gasteiger partial charge in [0.05, 0.1) is 4.99 Å². The second-order valence-corrected chi connectivity index (χ2v) is 3.54. The van der Waals surface area contributed by atoms with Crippen molar-refractivity contribution in [2.24, 2.45) is 5.73 Å². The van der Waals surface area contributed by atoms with Crippen LogP contribution in [0.3, 0.4) is 0 Å². The van der Waals surface area contributed by atoms with Crippen molar-refractivity contribution in [2.45, 2.75) is 32.2 Å². The molecule has 0 aromatic rings. The third kappa shape index (κ3) is 7.67. The highest BCUT2D eigenvalue weighted by atomic mass is 32.1. The minimum atomic E-state index is -0.932. The number of nitrogens with one attached hydrogen (secondary N) is 1. The molecule has 1 atom stereocenters. The van der Waals surface area contributed by atoms with Crippen LogP contribution in [0.25, 0.3) is 0 Å². The van der Waals surface area contributed by atoms with E-state index in [0.29, 0.717) is 6.42 Å². The molecule has 0 heterocycles. The maximum absolute atomic E-state index is 10.3. The first-order chi connectivity index (χ1) is 6.04. The van der Waals surface area contributed by atoms with Crippen LogP contribution in [0.15, 0.2) is 0 Å². The summed E-state index contributed by atoms with van der Waals surface area (Å²) in [7, 11) is 0. The molecule has 0 spiro atoms. The van der Waals surface area contributed by atoms with E-state index in [0.717, 1.165) is 24.4 Å². The summed E-state index contributed by atoms with van der Waals surface area (Å²) >= 11 is 4.81. The molecule has 0 saturated carbocycles. The van der Waals surface area contributed by atoms with E-state index in [1.54, 1.807) is 0 Å². The van der Waals surface area contributed by atoms with Crippen molar-refractivity contribution in [1.82, 2.24) is 5.32 Å². The summed E-state index contributed by atoms with van der Waals surface area (Å²) in [5.41, 5.74) is 5.31. The van der Waals surface area contributed by atoms with Crippen molar-refractivity contribution in [3.8, 4) is 0 Å². The number of carbonyl (C=O) groups is 1. The molecule has 0 aliphatic rings. The average molecular weight is 204 g/mol. The molecular weight excluding hydrogens is 188 g/mol. The Hall–Kier alpha value is -0.680. The van der Waals surface area contributed by atoms with Crippen LogP contribution in [0.1, 0.15) is 26.2 Å². The largest absolute Gasteiger partial charge is 0.480 e. The van der Waals surface area contributed by atoms with Crippen LogP contribution in [0.2, 0.25) is 0 Å². The maximum Gasteiger partial charge on any atom is 0.320 e. The number of unbranched alkanes of at least 4 members (excludes halogenated alkanes) is 1. The van der Waals surface area contributed by atoms with E-state index >= 15 is 0 Å². The van der Waals surface area contributed by atoms with Gasteiger partial charge in [-0.2, -0.15) is 0 Å². The highest BCUT2D eigenvalue weighted by Gasteiger charge is 2.09. The summed E-state index contributed by atoms with van der Waals surface area (Å²) in [6, 6.07) is -0.728. The van der Waals surface area contributed by atoms with Gasteiger partial charge in [0.2, 0.25) is 0 Å². The molecule has 76 valence electrons. The zero-order valence-electron chi connectivity index (χ0n) is 7.75. The van der Waals surface area contributed by atoms with E-state index in [4.69, 9.17) is 23.1 Å². The van der Waals surface area contributed by atoms with Gasteiger partial charge in [0, 0.05) is 6.54 Å². The molecule has 1 unspecified atom stereocenters. The predicted octanol–water partition coefficient (Wildman–Crippen LogP) is 0.506. The van der Waals surface area contributed by atoms with Crippen molar-refractivity contribution in [1.29, 1.82) is 0 Å². The SMILES string of the molecule is CC(=S)NCCCCC(N)C(=O)O. The van der Waals surface area contributed by atoms with E-state index in [9.17, 15) is 4.79 Å².